The van der Waals surface area contributed by atoms with E-state index < -0.39 is 49.7 Å². The molecule has 0 aliphatic heterocycles. The fourth-order valence-corrected chi connectivity index (χ4v) is 6.21. The van der Waals surface area contributed by atoms with Crippen LogP contribution in [0.25, 0.3) is 11.2 Å². The number of hydrogen-bond donors (Lipinski definition) is 5. The number of phosphoric ester groups is 1. The first kappa shape index (κ1) is 41.6. The van der Waals surface area contributed by atoms with Gasteiger partial charge in [0.15, 0.2) is 11.2 Å². The van der Waals surface area contributed by atoms with E-state index in [4.69, 9.17) is 28.8 Å². The number of carboxylic acid groups (broad SMARTS) is 1. The van der Waals surface area contributed by atoms with Crippen molar-refractivity contribution in [3.05, 3.63) is 112 Å². The number of aliphatic carboxylic acids is 1. The van der Waals surface area contributed by atoms with E-state index >= 15 is 0 Å². The fraction of sp³-hybridized carbons (Fsp3) is 0.243. The molecular weight excluding hydrogens is 765 g/mol. The van der Waals surface area contributed by atoms with E-state index in [0.29, 0.717) is 16.9 Å². The molecule has 1 amide bonds. The molecule has 2 aromatic heterocycles. The molecule has 298 valence electrons. The summed E-state index contributed by atoms with van der Waals surface area (Å²) in [6.45, 7) is 3.68. The van der Waals surface area contributed by atoms with E-state index in [-0.39, 0.29) is 72.5 Å². The first-order chi connectivity index (χ1) is 27.4. The van der Waals surface area contributed by atoms with E-state index in [2.05, 4.69) is 30.6 Å². The molecule has 19 nitrogen and oxygen atoms in total. The first-order valence-electron chi connectivity index (χ1n) is 17.4. The van der Waals surface area contributed by atoms with Crippen LogP contribution in [-0.4, -0.2) is 68.1 Å². The summed E-state index contributed by atoms with van der Waals surface area (Å²) in [6, 6.07) is 16.7. The van der Waals surface area contributed by atoms with Gasteiger partial charge in [0.2, 0.25) is 5.95 Å². The number of carbonyl (C=O) groups excluding carboxylic acids is 3. The third kappa shape index (κ3) is 11.7. The fourth-order valence-electron chi connectivity index (χ4n) is 5.04. The largest absolute Gasteiger partial charge is 0.480 e. The Labute approximate surface area is 324 Å². The third-order valence-electron chi connectivity index (χ3n) is 7.78. The molecule has 0 aliphatic carbocycles. The van der Waals surface area contributed by atoms with Crippen LogP contribution in [0.4, 0.5) is 11.6 Å². The second-order valence-electron chi connectivity index (χ2n) is 11.9. The highest BCUT2D eigenvalue weighted by Gasteiger charge is 2.26. The summed E-state index contributed by atoms with van der Waals surface area (Å²) in [5, 5.41) is 15.3. The van der Waals surface area contributed by atoms with Gasteiger partial charge in [-0.3, -0.25) is 32.9 Å². The molecule has 20 heteroatoms. The van der Waals surface area contributed by atoms with E-state index in [9.17, 15) is 33.6 Å². The van der Waals surface area contributed by atoms with Gasteiger partial charge in [-0.25, -0.2) is 24.1 Å². The lowest BCUT2D eigenvalue weighted by atomic mass is 10.1. The quantitative estimate of drug-likeness (QED) is 0.0440. The van der Waals surface area contributed by atoms with Crippen LogP contribution in [0, 0.1) is 0 Å². The second kappa shape index (κ2) is 19.4. The Hall–Kier alpha value is -6.53. The van der Waals surface area contributed by atoms with Gasteiger partial charge < -0.3 is 30.9 Å². The van der Waals surface area contributed by atoms with E-state index in [1.807, 2.05) is 0 Å². The topological polar surface area (TPSA) is 273 Å². The van der Waals surface area contributed by atoms with Gasteiger partial charge in [-0.15, -0.1) is 0 Å². The molecule has 0 bridgehead atoms. The number of carboxylic acids is 1. The van der Waals surface area contributed by atoms with Crippen molar-refractivity contribution >= 4 is 54.4 Å². The van der Waals surface area contributed by atoms with Crippen LogP contribution in [0.3, 0.4) is 0 Å². The number of nitrogens with two attached hydrogens (primary N) is 1. The molecule has 0 spiro atoms. The lowest BCUT2D eigenvalue weighted by Gasteiger charge is -2.16. The number of nitrogen functional groups attached to an aromatic ring is 1. The van der Waals surface area contributed by atoms with Crippen LogP contribution in [-0.2, 0) is 40.9 Å². The monoisotopic (exact) mass is 803 g/mol. The number of aromatic nitrogens is 4. The van der Waals surface area contributed by atoms with Crippen molar-refractivity contribution in [1.82, 2.24) is 25.3 Å². The van der Waals surface area contributed by atoms with Crippen LogP contribution in [0.2, 0.25) is 0 Å². The first-order valence-corrected chi connectivity index (χ1v) is 18.9. The van der Waals surface area contributed by atoms with Crippen molar-refractivity contribution in [2.45, 2.75) is 45.9 Å². The molecule has 0 radical (unpaired) electrons. The maximum Gasteiger partial charge on any atom is 0.475 e. The summed E-state index contributed by atoms with van der Waals surface area (Å²) >= 11 is 0. The van der Waals surface area contributed by atoms with Gasteiger partial charge in [-0.2, -0.15) is 4.98 Å². The number of rotatable bonds is 19. The number of benzene rings is 3. The maximum absolute atomic E-state index is 13.0. The van der Waals surface area contributed by atoms with Gasteiger partial charge >= 0.3 is 25.7 Å². The number of aromatic amines is 1. The zero-order valence-corrected chi connectivity index (χ0v) is 31.5. The number of carbonyl (C=O) groups is 4. The van der Waals surface area contributed by atoms with Crippen LogP contribution in [0.5, 0.6) is 11.5 Å². The lowest BCUT2D eigenvalue weighted by Crippen LogP contribution is -2.41. The summed E-state index contributed by atoms with van der Waals surface area (Å²) in [4.78, 5) is 77.5. The number of anilines is 2. The molecule has 1 atom stereocenters. The van der Waals surface area contributed by atoms with Crippen molar-refractivity contribution in [3.63, 3.8) is 0 Å². The van der Waals surface area contributed by atoms with Crippen molar-refractivity contribution in [1.29, 1.82) is 0 Å². The molecular formula is C37H38N7O12P. The number of H-pyrrole nitrogens is 1. The number of para-hydroxylation sites is 1. The summed E-state index contributed by atoms with van der Waals surface area (Å²) in [7, 11) is -3.72. The Morgan fingerprint density at radius 2 is 1.61 bits per heavy atom. The van der Waals surface area contributed by atoms with Gasteiger partial charge in [0.25, 0.3) is 11.5 Å². The second-order valence-corrected chi connectivity index (χ2v) is 13.5. The maximum atomic E-state index is 13.0. The summed E-state index contributed by atoms with van der Waals surface area (Å²) in [6.07, 6.45) is 0.707. The Morgan fingerprint density at radius 3 is 2.30 bits per heavy atom. The molecule has 0 unspecified atom stereocenters. The van der Waals surface area contributed by atoms with Crippen LogP contribution >= 0.6 is 7.82 Å². The van der Waals surface area contributed by atoms with Gasteiger partial charge in [0.1, 0.15) is 23.1 Å². The Bertz CT molecular complexity index is 2330. The number of ether oxygens (including phenoxy) is 2. The number of nitrogens with zero attached hydrogens (tertiary/aromatic N) is 3. The molecule has 0 saturated carbocycles. The van der Waals surface area contributed by atoms with Crippen LogP contribution in [0.1, 0.15) is 58.7 Å². The lowest BCUT2D eigenvalue weighted by molar-refractivity contribution is -0.140. The molecule has 2 heterocycles. The van der Waals surface area contributed by atoms with Crippen LogP contribution in [0.15, 0.2) is 83.8 Å². The number of esters is 2. The molecule has 3 aromatic carbocycles. The highest BCUT2D eigenvalue weighted by molar-refractivity contribution is 7.48. The van der Waals surface area contributed by atoms with E-state index in [1.165, 1.54) is 48.7 Å². The standard InChI is InChI=1S/C37H38N7O12P/c1-3-52-57(51,53-4-2)54-21-22-9-15-26(16-10-22)55-36(50)27-7-5-6-8-29(27)56-30(45)18-17-28(35(48)49)42-33(46)23-11-13-24(14-12-23)39-19-25-20-40-32-31(41-25)34(47)44-37(38)43-32/h5-16,20,28,39H,3-4,17-19,21H2,1-2H3,(H,42,46)(H,48,49)(H3,38,40,43,44,47)/t28-/m0/s1. The minimum atomic E-state index is -3.72. The molecule has 0 aliphatic rings. The van der Waals surface area contributed by atoms with E-state index in [0.717, 1.165) is 0 Å². The van der Waals surface area contributed by atoms with Crippen molar-refractivity contribution in [2.75, 3.05) is 24.3 Å². The minimum absolute atomic E-state index is 0.0293. The highest BCUT2D eigenvalue weighted by Crippen LogP contribution is 2.49. The van der Waals surface area contributed by atoms with Gasteiger partial charge in [-0.05, 0) is 74.4 Å². The molecule has 57 heavy (non-hydrogen) atoms. The van der Waals surface area contributed by atoms with Crippen LogP contribution < -0.4 is 31.4 Å². The summed E-state index contributed by atoms with van der Waals surface area (Å²) < 4.78 is 38.9. The number of fused-ring (bicyclic) bond motifs is 1. The Balaban J connectivity index is 1.11. The average Bonchev–Trinajstić information content (AvgIpc) is 3.19. The summed E-state index contributed by atoms with van der Waals surface area (Å²) in [5.41, 5.74) is 6.85. The van der Waals surface area contributed by atoms with E-state index in [1.54, 1.807) is 44.2 Å². The summed E-state index contributed by atoms with van der Waals surface area (Å²) in [5.74, 6) is -3.79. The number of phosphoric acid groups is 1. The molecule has 6 N–H and O–H groups in total. The average molecular weight is 804 g/mol. The Morgan fingerprint density at radius 1 is 0.912 bits per heavy atom. The Kier molecular flexibility index (Phi) is 14.1. The highest BCUT2D eigenvalue weighted by atomic mass is 31.2. The number of hydrogen-bond acceptors (Lipinski definition) is 16. The zero-order valence-electron chi connectivity index (χ0n) is 30.6. The van der Waals surface area contributed by atoms with Crippen molar-refractivity contribution in [3.8, 4) is 11.5 Å². The molecule has 0 fully saturated rings. The third-order valence-corrected chi connectivity index (χ3v) is 9.37. The number of amides is 1. The predicted molar refractivity (Wildman–Crippen MR) is 203 cm³/mol. The van der Waals surface area contributed by atoms with Gasteiger partial charge in [0.05, 0.1) is 38.3 Å². The predicted octanol–water partition coefficient (Wildman–Crippen LogP) is 4.39. The van der Waals surface area contributed by atoms with Crippen molar-refractivity contribution < 1.29 is 51.9 Å². The molecule has 0 saturated heterocycles. The normalized spacial score (nSPS) is 11.8. The smallest absolute Gasteiger partial charge is 0.475 e. The van der Waals surface area contributed by atoms with Crippen molar-refractivity contribution in [2.24, 2.45) is 0 Å². The minimum Gasteiger partial charge on any atom is -0.480 e. The van der Waals surface area contributed by atoms with Gasteiger partial charge in [0, 0.05) is 17.7 Å². The number of nitrogens with one attached hydrogen (secondary N) is 3. The van der Waals surface area contributed by atoms with Gasteiger partial charge in [-0.1, -0.05) is 24.3 Å². The SMILES string of the molecule is CCOP(=O)(OCC)OCc1ccc(OC(=O)c2ccccc2OC(=O)CC[C@H](NC(=O)c2ccc(NCc3cnc4nc(N)[nH]c(=O)c4n3)cc2)C(=O)O)cc1. The molecule has 5 rings (SSSR count). The zero-order chi connectivity index (χ0) is 41.0. The molecule has 5 aromatic rings.